The van der Waals surface area contributed by atoms with Crippen molar-refractivity contribution in [2.24, 2.45) is 11.3 Å². The summed E-state index contributed by atoms with van der Waals surface area (Å²) in [6, 6.07) is 9.47. The third kappa shape index (κ3) is 2.19. The molecule has 1 heterocycles. The molecule has 2 fully saturated rings. The third-order valence-corrected chi connectivity index (χ3v) is 4.39. The van der Waals surface area contributed by atoms with Gasteiger partial charge in [-0.2, -0.15) is 0 Å². The van der Waals surface area contributed by atoms with Gasteiger partial charge in [0.15, 0.2) is 0 Å². The normalized spacial score (nSPS) is 28.0. The minimum absolute atomic E-state index is 0.00699. The first kappa shape index (κ1) is 13.2. The van der Waals surface area contributed by atoms with E-state index < -0.39 is 5.41 Å². The summed E-state index contributed by atoms with van der Waals surface area (Å²) in [5.41, 5.74) is 0.443. The lowest BCUT2D eigenvalue weighted by Crippen LogP contribution is -2.46. The van der Waals surface area contributed by atoms with Gasteiger partial charge in [-0.3, -0.25) is 9.59 Å². The Bertz CT molecular complexity index is 535. The smallest absolute Gasteiger partial charge is 0.228 e. The van der Waals surface area contributed by atoms with Gasteiger partial charge in [0.25, 0.3) is 0 Å². The second-order valence-electron chi connectivity index (χ2n) is 6.34. The van der Waals surface area contributed by atoms with Crippen LogP contribution in [0.15, 0.2) is 30.3 Å². The third-order valence-electron chi connectivity index (χ3n) is 4.39. The number of rotatable bonds is 3. The van der Waals surface area contributed by atoms with E-state index in [1.807, 2.05) is 44.2 Å². The fraction of sp³-hybridized carbons (Fsp3) is 0.500. The van der Waals surface area contributed by atoms with Crippen LogP contribution in [0.4, 0.5) is 0 Å². The molecular formula is C16H20N2O2. The van der Waals surface area contributed by atoms with Crippen LogP contribution in [0.2, 0.25) is 0 Å². The monoisotopic (exact) mass is 272 g/mol. The minimum Gasteiger partial charge on any atom is -0.350 e. The molecule has 0 bridgehead atoms. The Hall–Kier alpha value is -1.84. The van der Waals surface area contributed by atoms with E-state index in [2.05, 4.69) is 10.6 Å². The van der Waals surface area contributed by atoms with E-state index in [0.29, 0.717) is 0 Å². The topological polar surface area (TPSA) is 58.2 Å². The summed E-state index contributed by atoms with van der Waals surface area (Å²) in [6.45, 7) is 3.78. The number of benzene rings is 1. The summed E-state index contributed by atoms with van der Waals surface area (Å²) in [4.78, 5) is 24.3. The van der Waals surface area contributed by atoms with Crippen molar-refractivity contribution in [3.8, 4) is 0 Å². The molecule has 0 spiro atoms. The summed E-state index contributed by atoms with van der Waals surface area (Å²) in [5.74, 6) is 0.228. The van der Waals surface area contributed by atoms with Gasteiger partial charge in [0.1, 0.15) is 0 Å². The Morgan fingerprint density at radius 1 is 1.25 bits per heavy atom. The van der Waals surface area contributed by atoms with Crippen LogP contribution in [0.1, 0.15) is 38.3 Å². The Morgan fingerprint density at radius 2 is 1.90 bits per heavy atom. The highest BCUT2D eigenvalue weighted by atomic mass is 16.2. The second-order valence-corrected chi connectivity index (χ2v) is 6.34. The van der Waals surface area contributed by atoms with Gasteiger partial charge in [0.05, 0.1) is 17.5 Å². The number of carbonyl (C=O) groups is 2. The maximum absolute atomic E-state index is 12.2. The molecule has 0 aromatic heterocycles. The van der Waals surface area contributed by atoms with Crippen LogP contribution < -0.4 is 10.6 Å². The maximum atomic E-state index is 12.2. The molecule has 2 N–H and O–H groups in total. The van der Waals surface area contributed by atoms with Crippen molar-refractivity contribution in [2.45, 2.75) is 38.8 Å². The van der Waals surface area contributed by atoms with E-state index in [-0.39, 0.29) is 29.8 Å². The molecule has 1 aromatic rings. The van der Waals surface area contributed by atoms with E-state index in [1.165, 1.54) is 0 Å². The van der Waals surface area contributed by atoms with Crippen LogP contribution in [0.5, 0.6) is 0 Å². The van der Waals surface area contributed by atoms with Crippen molar-refractivity contribution in [3.05, 3.63) is 35.9 Å². The molecule has 1 saturated heterocycles. The van der Waals surface area contributed by atoms with Gasteiger partial charge in [-0.05, 0) is 32.3 Å². The number of hydrogen-bond acceptors (Lipinski definition) is 2. The largest absolute Gasteiger partial charge is 0.350 e. The van der Waals surface area contributed by atoms with Crippen molar-refractivity contribution in [1.82, 2.24) is 10.6 Å². The predicted octanol–water partition coefficient (Wildman–Crippen LogP) is 1.78. The summed E-state index contributed by atoms with van der Waals surface area (Å²) in [7, 11) is 0. The Morgan fingerprint density at radius 3 is 2.50 bits per heavy atom. The molecule has 1 aliphatic carbocycles. The van der Waals surface area contributed by atoms with Crippen LogP contribution in [0.3, 0.4) is 0 Å². The average molecular weight is 272 g/mol. The van der Waals surface area contributed by atoms with E-state index in [4.69, 9.17) is 0 Å². The zero-order valence-corrected chi connectivity index (χ0v) is 11.8. The molecule has 1 aromatic carbocycles. The predicted molar refractivity (Wildman–Crippen MR) is 75.8 cm³/mol. The summed E-state index contributed by atoms with van der Waals surface area (Å²) in [5, 5.41) is 6.11. The molecule has 3 rings (SSSR count). The minimum atomic E-state index is -0.592. The molecule has 1 saturated carbocycles. The number of carbonyl (C=O) groups excluding carboxylic acids is 2. The van der Waals surface area contributed by atoms with Crippen molar-refractivity contribution >= 4 is 11.8 Å². The van der Waals surface area contributed by atoms with Crippen LogP contribution in [-0.4, -0.2) is 17.9 Å². The molecule has 106 valence electrons. The fourth-order valence-electron chi connectivity index (χ4n) is 2.79. The molecule has 20 heavy (non-hydrogen) atoms. The van der Waals surface area contributed by atoms with Gasteiger partial charge in [0, 0.05) is 5.92 Å². The lowest BCUT2D eigenvalue weighted by Gasteiger charge is -2.28. The zero-order valence-electron chi connectivity index (χ0n) is 11.8. The van der Waals surface area contributed by atoms with Crippen molar-refractivity contribution in [2.75, 3.05) is 0 Å². The van der Waals surface area contributed by atoms with Gasteiger partial charge >= 0.3 is 0 Å². The van der Waals surface area contributed by atoms with Crippen LogP contribution in [-0.2, 0) is 9.59 Å². The van der Waals surface area contributed by atoms with Crippen molar-refractivity contribution in [3.63, 3.8) is 0 Å². The SMILES string of the molecule is CC1(C)C(=O)N[C@@H](c2ccccc2)[C@@H]1NC(=O)C1CC1. The Labute approximate surface area is 118 Å². The van der Waals surface area contributed by atoms with Gasteiger partial charge in [-0.1, -0.05) is 30.3 Å². The van der Waals surface area contributed by atoms with Gasteiger partial charge < -0.3 is 10.6 Å². The molecule has 1 aliphatic heterocycles. The molecule has 0 unspecified atom stereocenters. The molecular weight excluding hydrogens is 252 g/mol. The number of nitrogens with one attached hydrogen (secondary N) is 2. The standard InChI is InChI=1S/C16H20N2O2/c1-16(2)13(18-14(19)11-8-9-11)12(17-15(16)20)10-6-4-3-5-7-10/h3-7,11-13H,8-9H2,1-2H3,(H,17,20)(H,18,19)/t12-,13-/m0/s1. The first-order chi connectivity index (χ1) is 9.50. The van der Waals surface area contributed by atoms with Gasteiger partial charge in [-0.15, -0.1) is 0 Å². The highest BCUT2D eigenvalue weighted by molar-refractivity contribution is 5.88. The highest BCUT2D eigenvalue weighted by Gasteiger charge is 2.50. The first-order valence-corrected chi connectivity index (χ1v) is 7.16. The lowest BCUT2D eigenvalue weighted by molar-refractivity contribution is -0.127. The number of hydrogen-bond donors (Lipinski definition) is 2. The quantitative estimate of drug-likeness (QED) is 0.881. The molecule has 0 radical (unpaired) electrons. The molecule has 4 heteroatoms. The van der Waals surface area contributed by atoms with E-state index >= 15 is 0 Å². The molecule has 2 aliphatic rings. The van der Waals surface area contributed by atoms with Crippen molar-refractivity contribution < 1.29 is 9.59 Å². The van der Waals surface area contributed by atoms with E-state index in [9.17, 15) is 9.59 Å². The zero-order chi connectivity index (χ0) is 14.3. The Kier molecular flexibility index (Phi) is 3.04. The first-order valence-electron chi connectivity index (χ1n) is 7.16. The summed E-state index contributed by atoms with van der Waals surface area (Å²) < 4.78 is 0. The van der Waals surface area contributed by atoms with Crippen LogP contribution in [0.25, 0.3) is 0 Å². The van der Waals surface area contributed by atoms with Gasteiger partial charge in [0.2, 0.25) is 11.8 Å². The fourth-order valence-corrected chi connectivity index (χ4v) is 2.79. The van der Waals surface area contributed by atoms with Crippen LogP contribution in [0, 0.1) is 11.3 Å². The van der Waals surface area contributed by atoms with E-state index in [1.54, 1.807) is 0 Å². The second kappa shape index (κ2) is 4.62. The van der Waals surface area contributed by atoms with Crippen LogP contribution >= 0.6 is 0 Å². The Balaban J connectivity index is 1.87. The molecule has 2 amide bonds. The lowest BCUT2D eigenvalue weighted by atomic mass is 9.82. The summed E-state index contributed by atoms with van der Waals surface area (Å²) in [6.07, 6.45) is 1.94. The molecule has 4 nitrogen and oxygen atoms in total. The van der Waals surface area contributed by atoms with Crippen molar-refractivity contribution in [1.29, 1.82) is 0 Å². The number of amides is 2. The molecule has 2 atom stereocenters. The van der Waals surface area contributed by atoms with Gasteiger partial charge in [-0.25, -0.2) is 0 Å². The maximum Gasteiger partial charge on any atom is 0.228 e. The summed E-state index contributed by atoms with van der Waals surface area (Å²) >= 11 is 0. The average Bonchev–Trinajstić information content (AvgIpc) is 3.24. The van der Waals surface area contributed by atoms with E-state index in [0.717, 1.165) is 18.4 Å². The highest BCUT2D eigenvalue weighted by Crippen LogP contribution is 2.38.